The predicted molar refractivity (Wildman–Crippen MR) is 108 cm³/mol. The van der Waals surface area contributed by atoms with Gasteiger partial charge in [-0.3, -0.25) is 9.59 Å². The van der Waals surface area contributed by atoms with Crippen LogP contribution >= 0.6 is 0 Å². The molecule has 29 heavy (non-hydrogen) atoms. The van der Waals surface area contributed by atoms with Crippen molar-refractivity contribution < 1.29 is 18.8 Å². The molecule has 1 saturated heterocycles. The maximum Gasteiger partial charge on any atom is 0.319 e. The van der Waals surface area contributed by atoms with Gasteiger partial charge in [-0.15, -0.1) is 0 Å². The lowest BCUT2D eigenvalue weighted by Gasteiger charge is -2.23. The number of urea groups is 1. The van der Waals surface area contributed by atoms with Crippen LogP contribution < -0.4 is 16.0 Å². The lowest BCUT2D eigenvalue weighted by Crippen LogP contribution is -2.45. The maximum atomic E-state index is 12.6. The second-order valence-corrected chi connectivity index (χ2v) is 7.30. The minimum absolute atomic E-state index is 0.0549. The van der Waals surface area contributed by atoms with Gasteiger partial charge in [0.2, 0.25) is 5.91 Å². The fourth-order valence-electron chi connectivity index (χ4n) is 3.27. The molecule has 3 rings (SSSR count). The zero-order chi connectivity index (χ0) is 20.8. The molecule has 0 bridgehead atoms. The van der Waals surface area contributed by atoms with E-state index in [9.17, 15) is 14.4 Å². The fraction of sp³-hybridized carbons (Fsp3) is 0.381. The first-order chi connectivity index (χ1) is 13.9. The molecule has 2 aromatic rings. The summed E-state index contributed by atoms with van der Waals surface area (Å²) in [5, 5.41) is 8.40. The number of likely N-dealkylation sites (tertiary alicyclic amines) is 1. The standard InChI is InChI=1S/C21H26N4O4/c1-14(2)23-21(28)24-16-9-7-15(8-10-16)13-22-19(26)17-5-3-11-25(17)20(27)18-6-4-12-29-18/h4,6-10,12,14,17H,3,5,11,13H2,1-2H3,(H,22,26)(H2,23,24,28). The molecule has 154 valence electrons. The summed E-state index contributed by atoms with van der Waals surface area (Å²) < 4.78 is 5.17. The van der Waals surface area contributed by atoms with E-state index in [0.29, 0.717) is 25.2 Å². The SMILES string of the molecule is CC(C)NC(=O)Nc1ccc(CNC(=O)C2CCCN2C(=O)c2ccco2)cc1. The lowest BCUT2D eigenvalue weighted by atomic mass is 10.1. The Morgan fingerprint density at radius 3 is 2.59 bits per heavy atom. The van der Waals surface area contributed by atoms with Crippen LogP contribution in [-0.2, 0) is 11.3 Å². The van der Waals surface area contributed by atoms with Crippen LogP contribution in [-0.4, -0.2) is 41.4 Å². The number of carbonyl (C=O) groups excluding carboxylic acids is 3. The Morgan fingerprint density at radius 2 is 1.93 bits per heavy atom. The molecule has 8 heteroatoms. The molecule has 0 saturated carbocycles. The smallest absolute Gasteiger partial charge is 0.319 e. The number of nitrogens with zero attached hydrogens (tertiary/aromatic N) is 1. The van der Waals surface area contributed by atoms with Crippen LogP contribution in [0.2, 0.25) is 0 Å². The zero-order valence-electron chi connectivity index (χ0n) is 16.6. The summed E-state index contributed by atoms with van der Waals surface area (Å²) in [6.07, 6.45) is 2.86. The summed E-state index contributed by atoms with van der Waals surface area (Å²) in [6, 6.07) is 9.80. The van der Waals surface area contributed by atoms with Gasteiger partial charge >= 0.3 is 6.03 Å². The van der Waals surface area contributed by atoms with E-state index < -0.39 is 6.04 Å². The Balaban J connectivity index is 1.52. The Labute approximate surface area is 169 Å². The van der Waals surface area contributed by atoms with E-state index in [4.69, 9.17) is 4.42 Å². The molecule has 2 heterocycles. The van der Waals surface area contributed by atoms with Gasteiger partial charge in [-0.05, 0) is 56.5 Å². The van der Waals surface area contributed by atoms with Crippen LogP contribution in [0.1, 0.15) is 42.8 Å². The Hall–Kier alpha value is -3.29. The van der Waals surface area contributed by atoms with Gasteiger partial charge in [0.25, 0.3) is 5.91 Å². The van der Waals surface area contributed by atoms with Crippen molar-refractivity contribution in [2.75, 3.05) is 11.9 Å². The molecule has 1 unspecified atom stereocenters. The van der Waals surface area contributed by atoms with Crippen LogP contribution in [0.5, 0.6) is 0 Å². The third-order valence-corrected chi connectivity index (χ3v) is 4.65. The first-order valence-corrected chi connectivity index (χ1v) is 9.72. The average molecular weight is 398 g/mol. The van der Waals surface area contributed by atoms with Gasteiger partial charge in [0.1, 0.15) is 6.04 Å². The molecule has 1 aliphatic heterocycles. The number of anilines is 1. The number of nitrogens with one attached hydrogen (secondary N) is 3. The second-order valence-electron chi connectivity index (χ2n) is 7.30. The van der Waals surface area contributed by atoms with Crippen molar-refractivity contribution in [2.24, 2.45) is 0 Å². The van der Waals surface area contributed by atoms with Crippen LogP contribution in [0, 0.1) is 0 Å². The molecular formula is C21H26N4O4. The van der Waals surface area contributed by atoms with E-state index in [1.165, 1.54) is 6.26 Å². The van der Waals surface area contributed by atoms with Crippen molar-refractivity contribution in [1.82, 2.24) is 15.5 Å². The van der Waals surface area contributed by atoms with E-state index in [0.717, 1.165) is 12.0 Å². The Bertz CT molecular complexity index is 846. The van der Waals surface area contributed by atoms with E-state index in [-0.39, 0.29) is 29.6 Å². The van der Waals surface area contributed by atoms with Crippen molar-refractivity contribution in [3.05, 3.63) is 54.0 Å². The van der Waals surface area contributed by atoms with Crippen LogP contribution in [0.25, 0.3) is 0 Å². The van der Waals surface area contributed by atoms with Gasteiger partial charge < -0.3 is 25.3 Å². The number of carbonyl (C=O) groups is 3. The minimum atomic E-state index is -0.492. The second kappa shape index (κ2) is 9.27. The molecule has 8 nitrogen and oxygen atoms in total. The van der Waals surface area contributed by atoms with E-state index >= 15 is 0 Å². The number of benzene rings is 1. The van der Waals surface area contributed by atoms with Gasteiger partial charge in [0.05, 0.1) is 6.26 Å². The topological polar surface area (TPSA) is 104 Å². The van der Waals surface area contributed by atoms with E-state index in [1.54, 1.807) is 29.2 Å². The maximum absolute atomic E-state index is 12.6. The quantitative estimate of drug-likeness (QED) is 0.696. The molecule has 1 aromatic carbocycles. The highest BCUT2D eigenvalue weighted by molar-refractivity contribution is 5.96. The van der Waals surface area contributed by atoms with Gasteiger partial charge in [-0.1, -0.05) is 12.1 Å². The van der Waals surface area contributed by atoms with Crippen molar-refractivity contribution in [2.45, 2.75) is 45.3 Å². The van der Waals surface area contributed by atoms with Crippen LogP contribution in [0.15, 0.2) is 47.1 Å². The Kier molecular flexibility index (Phi) is 6.54. The van der Waals surface area contributed by atoms with Crippen LogP contribution in [0.4, 0.5) is 10.5 Å². The van der Waals surface area contributed by atoms with Crippen molar-refractivity contribution in [1.29, 1.82) is 0 Å². The van der Waals surface area contributed by atoms with Crippen molar-refractivity contribution in [3.8, 4) is 0 Å². The number of rotatable bonds is 6. The summed E-state index contributed by atoms with van der Waals surface area (Å²) in [4.78, 5) is 38.4. The number of hydrogen-bond donors (Lipinski definition) is 3. The summed E-state index contributed by atoms with van der Waals surface area (Å²) in [5.41, 5.74) is 1.57. The van der Waals surface area contributed by atoms with Crippen LogP contribution in [0.3, 0.4) is 0 Å². The zero-order valence-corrected chi connectivity index (χ0v) is 16.6. The minimum Gasteiger partial charge on any atom is -0.459 e. The third-order valence-electron chi connectivity index (χ3n) is 4.65. The summed E-state index contributed by atoms with van der Waals surface area (Å²) >= 11 is 0. The molecular weight excluding hydrogens is 372 g/mol. The number of furan rings is 1. The first kappa shape index (κ1) is 20.4. The molecule has 0 aliphatic carbocycles. The first-order valence-electron chi connectivity index (χ1n) is 9.72. The molecule has 1 aromatic heterocycles. The highest BCUT2D eigenvalue weighted by atomic mass is 16.3. The molecule has 1 aliphatic rings. The molecule has 0 radical (unpaired) electrons. The highest BCUT2D eigenvalue weighted by Crippen LogP contribution is 2.21. The molecule has 1 fully saturated rings. The van der Waals surface area contributed by atoms with E-state index in [2.05, 4.69) is 16.0 Å². The monoisotopic (exact) mass is 398 g/mol. The van der Waals surface area contributed by atoms with Gasteiger partial charge in [0.15, 0.2) is 5.76 Å². The van der Waals surface area contributed by atoms with Gasteiger partial charge in [0, 0.05) is 24.8 Å². The molecule has 0 spiro atoms. The van der Waals surface area contributed by atoms with Gasteiger partial charge in [-0.2, -0.15) is 0 Å². The Morgan fingerprint density at radius 1 is 1.17 bits per heavy atom. The summed E-state index contributed by atoms with van der Waals surface area (Å²) in [6.45, 7) is 4.66. The highest BCUT2D eigenvalue weighted by Gasteiger charge is 2.35. The van der Waals surface area contributed by atoms with E-state index in [1.807, 2.05) is 26.0 Å². The number of hydrogen-bond acceptors (Lipinski definition) is 4. The molecule has 1 atom stereocenters. The normalized spacial score (nSPS) is 16.0. The lowest BCUT2D eigenvalue weighted by molar-refractivity contribution is -0.125. The average Bonchev–Trinajstić information content (AvgIpc) is 3.38. The van der Waals surface area contributed by atoms with Crippen molar-refractivity contribution >= 4 is 23.5 Å². The predicted octanol–water partition coefficient (Wildman–Crippen LogP) is 2.73. The third kappa shape index (κ3) is 5.37. The van der Waals surface area contributed by atoms with Crippen molar-refractivity contribution in [3.63, 3.8) is 0 Å². The largest absolute Gasteiger partial charge is 0.459 e. The molecule has 4 amide bonds. The molecule has 3 N–H and O–H groups in total. The van der Waals surface area contributed by atoms with Gasteiger partial charge in [-0.25, -0.2) is 4.79 Å². The summed E-state index contributed by atoms with van der Waals surface area (Å²) in [7, 11) is 0. The number of amides is 4. The summed E-state index contributed by atoms with van der Waals surface area (Å²) in [5.74, 6) is -0.196. The fourth-order valence-corrected chi connectivity index (χ4v) is 3.27.